The van der Waals surface area contributed by atoms with Gasteiger partial charge in [0.25, 0.3) is 0 Å². The van der Waals surface area contributed by atoms with E-state index in [0.717, 1.165) is 22.5 Å². The monoisotopic (exact) mass is 507 g/mol. The first-order valence-electron chi connectivity index (χ1n) is 11.5. The first-order chi connectivity index (χ1) is 16.5. The number of ether oxygens (including phenoxy) is 1. The van der Waals surface area contributed by atoms with E-state index in [1.165, 1.54) is 36.3 Å². The predicted octanol–water partition coefficient (Wildman–Crippen LogP) is 3.24. The molecule has 35 heavy (non-hydrogen) atoms. The Morgan fingerprint density at radius 1 is 1.11 bits per heavy atom. The minimum absolute atomic E-state index is 0.0136. The molecule has 0 unspecified atom stereocenters. The van der Waals surface area contributed by atoms with E-state index in [9.17, 15) is 22.4 Å². The molecule has 2 amide bonds. The van der Waals surface area contributed by atoms with E-state index in [0.29, 0.717) is 24.3 Å². The summed E-state index contributed by atoms with van der Waals surface area (Å²) in [7, 11) is -2.47. The highest BCUT2D eigenvalue weighted by Gasteiger charge is 2.32. The molecule has 0 saturated heterocycles. The van der Waals surface area contributed by atoms with Gasteiger partial charge in [0, 0.05) is 13.1 Å². The molecule has 2 aromatic carbocycles. The van der Waals surface area contributed by atoms with Crippen LogP contribution in [0.2, 0.25) is 0 Å². The number of nitrogens with one attached hydrogen (secondary N) is 1. The quantitative estimate of drug-likeness (QED) is 0.476. The van der Waals surface area contributed by atoms with E-state index in [1.54, 1.807) is 32.0 Å². The van der Waals surface area contributed by atoms with Gasteiger partial charge in [-0.1, -0.05) is 32.0 Å². The van der Waals surface area contributed by atoms with Crippen LogP contribution in [0.3, 0.4) is 0 Å². The van der Waals surface area contributed by atoms with Crippen LogP contribution in [0.25, 0.3) is 0 Å². The molecule has 0 aromatic heterocycles. The van der Waals surface area contributed by atoms with Gasteiger partial charge in [-0.15, -0.1) is 0 Å². The van der Waals surface area contributed by atoms with E-state index in [2.05, 4.69) is 5.32 Å². The van der Waals surface area contributed by atoms with Gasteiger partial charge in [0.2, 0.25) is 21.8 Å². The number of hydrogen-bond donors (Lipinski definition) is 1. The molecule has 0 spiro atoms. The second kappa shape index (κ2) is 12.5. The van der Waals surface area contributed by atoms with Crippen LogP contribution in [0, 0.1) is 12.7 Å². The Bertz CT molecular complexity index is 1120. The van der Waals surface area contributed by atoms with E-state index in [4.69, 9.17) is 4.74 Å². The zero-order chi connectivity index (χ0) is 26.2. The van der Waals surface area contributed by atoms with Gasteiger partial charge in [-0.05, 0) is 55.2 Å². The first kappa shape index (κ1) is 28.1. The number of nitrogens with zero attached hydrogens (tertiary/aromatic N) is 2. The molecule has 0 saturated carbocycles. The van der Waals surface area contributed by atoms with Crippen molar-refractivity contribution in [3.05, 3.63) is 59.4 Å². The highest BCUT2D eigenvalue weighted by atomic mass is 32.2. The van der Waals surface area contributed by atoms with Crippen molar-refractivity contribution in [2.75, 3.05) is 30.8 Å². The Kier molecular flexibility index (Phi) is 10.1. The molecule has 1 atom stereocenters. The standard InChI is InChI=1S/C25H34FN3O5S/c1-6-14-27-25(31)21(7-2)28(16-19-9-11-20(26)12-10-19)24(30)17-29(35(5,32)33)22-15-18(3)8-13-23(22)34-4/h8-13,15,21H,6-7,14,16-17H2,1-5H3,(H,27,31)/t21-/m1/s1. The maximum Gasteiger partial charge on any atom is 0.244 e. The van der Waals surface area contributed by atoms with Crippen LogP contribution < -0.4 is 14.4 Å². The molecule has 1 N–H and O–H groups in total. The zero-order valence-electron chi connectivity index (χ0n) is 20.9. The lowest BCUT2D eigenvalue weighted by molar-refractivity contribution is -0.140. The molecule has 0 fully saturated rings. The van der Waals surface area contributed by atoms with Gasteiger partial charge in [0.1, 0.15) is 24.2 Å². The van der Waals surface area contributed by atoms with Crippen LogP contribution in [-0.2, 0) is 26.2 Å². The summed E-state index contributed by atoms with van der Waals surface area (Å²) in [6.45, 7) is 5.43. The maximum absolute atomic E-state index is 13.6. The number of rotatable bonds is 12. The summed E-state index contributed by atoms with van der Waals surface area (Å²) in [6.07, 6.45) is 2.05. The molecular weight excluding hydrogens is 473 g/mol. The number of aryl methyl sites for hydroxylation is 1. The van der Waals surface area contributed by atoms with E-state index in [1.807, 2.05) is 6.92 Å². The molecule has 0 aliphatic heterocycles. The number of carbonyl (C=O) groups is 2. The zero-order valence-corrected chi connectivity index (χ0v) is 21.7. The van der Waals surface area contributed by atoms with Gasteiger partial charge in [-0.3, -0.25) is 13.9 Å². The molecule has 2 aromatic rings. The van der Waals surface area contributed by atoms with E-state index >= 15 is 0 Å². The van der Waals surface area contributed by atoms with Gasteiger partial charge in [-0.2, -0.15) is 0 Å². The lowest BCUT2D eigenvalue weighted by atomic mass is 10.1. The second-order valence-corrected chi connectivity index (χ2v) is 10.2. The van der Waals surface area contributed by atoms with Crippen molar-refractivity contribution < 1.29 is 27.1 Å². The van der Waals surface area contributed by atoms with Gasteiger partial charge in [-0.25, -0.2) is 12.8 Å². The fourth-order valence-electron chi connectivity index (χ4n) is 3.66. The predicted molar refractivity (Wildman–Crippen MR) is 134 cm³/mol. The van der Waals surface area contributed by atoms with Crippen LogP contribution in [0.15, 0.2) is 42.5 Å². The number of anilines is 1. The molecule has 8 nitrogen and oxygen atoms in total. The van der Waals surface area contributed by atoms with E-state index < -0.39 is 34.3 Å². The summed E-state index contributed by atoms with van der Waals surface area (Å²) in [5.74, 6) is -1.02. The highest BCUT2D eigenvalue weighted by molar-refractivity contribution is 7.92. The number of sulfonamides is 1. The molecular formula is C25H34FN3O5S. The number of methoxy groups -OCH3 is 1. The van der Waals surface area contributed by atoms with Crippen LogP contribution in [-0.4, -0.2) is 57.6 Å². The third-order valence-corrected chi connectivity index (χ3v) is 6.61. The second-order valence-electron chi connectivity index (χ2n) is 8.31. The molecule has 0 aliphatic rings. The Morgan fingerprint density at radius 3 is 2.31 bits per heavy atom. The number of amides is 2. The third-order valence-electron chi connectivity index (χ3n) is 5.48. The number of halogens is 1. The number of benzene rings is 2. The highest BCUT2D eigenvalue weighted by Crippen LogP contribution is 2.31. The Morgan fingerprint density at radius 2 is 1.77 bits per heavy atom. The smallest absolute Gasteiger partial charge is 0.244 e. The molecule has 0 heterocycles. The fourth-order valence-corrected chi connectivity index (χ4v) is 4.51. The molecule has 0 radical (unpaired) electrons. The fraction of sp³-hybridized carbons (Fsp3) is 0.440. The van der Waals surface area contributed by atoms with Gasteiger partial charge < -0.3 is 15.0 Å². The molecule has 2 rings (SSSR count). The summed E-state index contributed by atoms with van der Waals surface area (Å²) in [5.41, 5.74) is 1.63. The molecule has 0 bridgehead atoms. The van der Waals surface area contributed by atoms with E-state index in [-0.39, 0.29) is 18.1 Å². The Hall–Kier alpha value is -3.14. The van der Waals surface area contributed by atoms with Crippen molar-refractivity contribution in [3.63, 3.8) is 0 Å². The van der Waals surface area contributed by atoms with Crippen molar-refractivity contribution in [2.24, 2.45) is 0 Å². The summed E-state index contributed by atoms with van der Waals surface area (Å²) < 4.78 is 45.3. The minimum atomic E-state index is -3.89. The Balaban J connectivity index is 2.48. The number of carbonyl (C=O) groups excluding carboxylic acids is 2. The largest absolute Gasteiger partial charge is 0.495 e. The van der Waals surface area contributed by atoms with Crippen LogP contribution >= 0.6 is 0 Å². The lowest BCUT2D eigenvalue weighted by Gasteiger charge is -2.33. The third kappa shape index (κ3) is 7.68. The first-order valence-corrected chi connectivity index (χ1v) is 13.3. The van der Waals surface area contributed by atoms with Gasteiger partial charge >= 0.3 is 0 Å². The average Bonchev–Trinajstić information content (AvgIpc) is 2.81. The minimum Gasteiger partial charge on any atom is -0.495 e. The van der Waals surface area contributed by atoms with Crippen molar-refractivity contribution in [3.8, 4) is 5.75 Å². The molecule has 0 aliphatic carbocycles. The SMILES string of the molecule is CCCNC(=O)[C@@H](CC)N(Cc1ccc(F)cc1)C(=O)CN(c1cc(C)ccc1OC)S(C)(=O)=O. The topological polar surface area (TPSA) is 96.0 Å². The number of hydrogen-bond acceptors (Lipinski definition) is 5. The summed E-state index contributed by atoms with van der Waals surface area (Å²) in [4.78, 5) is 27.9. The van der Waals surface area contributed by atoms with Crippen molar-refractivity contribution in [2.45, 2.75) is 46.2 Å². The van der Waals surface area contributed by atoms with Crippen LogP contribution in [0.4, 0.5) is 10.1 Å². The van der Waals surface area contributed by atoms with Crippen molar-refractivity contribution in [1.82, 2.24) is 10.2 Å². The van der Waals surface area contributed by atoms with Crippen LogP contribution in [0.1, 0.15) is 37.8 Å². The normalized spacial score (nSPS) is 12.1. The summed E-state index contributed by atoms with van der Waals surface area (Å²) in [6, 6.07) is 9.82. The Labute approximate surface area is 207 Å². The average molecular weight is 508 g/mol. The molecule has 10 heteroatoms. The molecule has 192 valence electrons. The summed E-state index contributed by atoms with van der Waals surface area (Å²) in [5, 5.41) is 2.81. The lowest BCUT2D eigenvalue weighted by Crippen LogP contribution is -2.52. The van der Waals surface area contributed by atoms with Gasteiger partial charge in [0.15, 0.2) is 0 Å². The van der Waals surface area contributed by atoms with Crippen LogP contribution in [0.5, 0.6) is 5.75 Å². The van der Waals surface area contributed by atoms with Gasteiger partial charge in [0.05, 0.1) is 19.1 Å². The van der Waals surface area contributed by atoms with Crippen molar-refractivity contribution >= 4 is 27.5 Å². The maximum atomic E-state index is 13.6. The van der Waals surface area contributed by atoms with Crippen molar-refractivity contribution in [1.29, 1.82) is 0 Å². The summed E-state index contributed by atoms with van der Waals surface area (Å²) >= 11 is 0.